The van der Waals surface area contributed by atoms with Crippen LogP contribution >= 0.6 is 11.6 Å². The minimum atomic E-state index is -0.392. The van der Waals surface area contributed by atoms with Gasteiger partial charge in [0.1, 0.15) is 17.3 Å². The average Bonchev–Trinajstić information content (AvgIpc) is 3.54. The van der Waals surface area contributed by atoms with Crippen LogP contribution in [-0.4, -0.2) is 39.8 Å². The van der Waals surface area contributed by atoms with Crippen LogP contribution in [0.25, 0.3) is 11.3 Å². The molecule has 0 radical (unpaired) electrons. The second-order valence-electron chi connectivity index (χ2n) is 8.98. The van der Waals surface area contributed by atoms with Crippen LogP contribution in [0.5, 0.6) is 11.6 Å². The summed E-state index contributed by atoms with van der Waals surface area (Å²) in [5.41, 5.74) is 2.74. The molecule has 8 heteroatoms. The Morgan fingerprint density at radius 3 is 2.54 bits per heavy atom. The van der Waals surface area contributed by atoms with Crippen molar-refractivity contribution < 1.29 is 18.7 Å². The zero-order valence-electron chi connectivity index (χ0n) is 20.4. The fourth-order valence-corrected chi connectivity index (χ4v) is 4.68. The van der Waals surface area contributed by atoms with Crippen LogP contribution in [0.1, 0.15) is 28.8 Å². The summed E-state index contributed by atoms with van der Waals surface area (Å²) in [5, 5.41) is 5.23. The normalized spacial score (nSPS) is 15.1. The van der Waals surface area contributed by atoms with E-state index in [-0.39, 0.29) is 18.6 Å². The molecule has 0 bridgehead atoms. The number of aromatic nitrogens is 2. The number of hydrogen-bond donors (Lipinski definition) is 0. The van der Waals surface area contributed by atoms with E-state index < -0.39 is 5.82 Å². The van der Waals surface area contributed by atoms with Crippen molar-refractivity contribution in [2.24, 2.45) is 7.05 Å². The fraction of sp³-hybridized carbons (Fsp3) is 0.241. The summed E-state index contributed by atoms with van der Waals surface area (Å²) in [4.78, 5) is 15.4. The lowest BCUT2D eigenvalue weighted by Crippen LogP contribution is -2.37. The van der Waals surface area contributed by atoms with Gasteiger partial charge >= 0.3 is 0 Å². The molecule has 0 saturated carbocycles. The van der Waals surface area contributed by atoms with Gasteiger partial charge < -0.3 is 14.4 Å². The molecule has 0 spiro atoms. The summed E-state index contributed by atoms with van der Waals surface area (Å²) in [5.74, 6) is 0.359. The molecule has 1 saturated heterocycles. The topological polar surface area (TPSA) is 56.6 Å². The van der Waals surface area contributed by atoms with E-state index in [0.717, 1.165) is 24.0 Å². The van der Waals surface area contributed by atoms with Gasteiger partial charge in [-0.05, 0) is 49.2 Å². The van der Waals surface area contributed by atoms with Gasteiger partial charge in [-0.15, -0.1) is 0 Å². The van der Waals surface area contributed by atoms with Crippen LogP contribution in [0.2, 0.25) is 5.02 Å². The molecule has 1 fully saturated rings. The van der Waals surface area contributed by atoms with Crippen molar-refractivity contribution in [1.82, 2.24) is 14.7 Å². The molecule has 37 heavy (non-hydrogen) atoms. The summed E-state index contributed by atoms with van der Waals surface area (Å²) >= 11 is 6.40. The van der Waals surface area contributed by atoms with Gasteiger partial charge in [0.25, 0.3) is 5.91 Å². The number of aryl methyl sites for hydroxylation is 1. The minimum absolute atomic E-state index is 0.0748. The Labute approximate surface area is 220 Å². The summed E-state index contributed by atoms with van der Waals surface area (Å²) < 4.78 is 27.4. The fourth-order valence-electron chi connectivity index (χ4n) is 4.50. The maximum Gasteiger partial charge on any atom is 0.254 e. The molecule has 1 atom stereocenters. The van der Waals surface area contributed by atoms with E-state index in [4.69, 9.17) is 26.2 Å². The highest BCUT2D eigenvalue weighted by atomic mass is 35.5. The molecule has 0 N–H and O–H groups in total. The summed E-state index contributed by atoms with van der Waals surface area (Å²) in [7, 11) is 1.80. The first-order chi connectivity index (χ1) is 18.0. The number of nitrogens with zero attached hydrogens (tertiary/aromatic N) is 3. The van der Waals surface area contributed by atoms with E-state index in [2.05, 4.69) is 0 Å². The molecule has 1 aliphatic heterocycles. The van der Waals surface area contributed by atoms with Crippen LogP contribution in [-0.2, 0) is 18.3 Å². The lowest BCUT2D eigenvalue weighted by atomic mass is 10.1. The van der Waals surface area contributed by atoms with Gasteiger partial charge in [0.15, 0.2) is 0 Å². The maximum atomic E-state index is 13.7. The van der Waals surface area contributed by atoms with Gasteiger partial charge in [0, 0.05) is 31.3 Å². The summed E-state index contributed by atoms with van der Waals surface area (Å²) in [6, 6.07) is 22.6. The molecule has 1 aliphatic rings. The Morgan fingerprint density at radius 2 is 1.84 bits per heavy atom. The van der Waals surface area contributed by atoms with Crippen LogP contribution in [0.4, 0.5) is 4.39 Å². The van der Waals surface area contributed by atoms with Crippen molar-refractivity contribution in [3.8, 4) is 22.9 Å². The molecule has 2 heterocycles. The second kappa shape index (κ2) is 11.2. The second-order valence-corrected chi connectivity index (χ2v) is 9.39. The molecule has 0 aliphatic carbocycles. The van der Waals surface area contributed by atoms with Gasteiger partial charge in [0.2, 0.25) is 5.88 Å². The third-order valence-corrected chi connectivity index (χ3v) is 6.67. The van der Waals surface area contributed by atoms with Crippen LogP contribution < -0.4 is 4.74 Å². The highest BCUT2D eigenvalue weighted by molar-refractivity contribution is 6.32. The zero-order valence-corrected chi connectivity index (χ0v) is 21.2. The number of para-hydroxylation sites is 1. The van der Waals surface area contributed by atoms with Crippen molar-refractivity contribution in [2.75, 3.05) is 13.2 Å². The van der Waals surface area contributed by atoms with E-state index in [9.17, 15) is 9.18 Å². The Bertz CT molecular complexity index is 1370. The molecule has 4 aromatic rings. The van der Waals surface area contributed by atoms with Crippen molar-refractivity contribution in [2.45, 2.75) is 25.5 Å². The Balaban J connectivity index is 1.57. The number of ether oxygens (including phenoxy) is 2. The largest absolute Gasteiger partial charge is 0.437 e. The lowest BCUT2D eigenvalue weighted by Gasteiger charge is -2.26. The number of carbonyl (C=O) groups excluding carboxylic acids is 1. The summed E-state index contributed by atoms with van der Waals surface area (Å²) in [6.45, 7) is 1.28. The van der Waals surface area contributed by atoms with Gasteiger partial charge in [-0.2, -0.15) is 5.10 Å². The zero-order chi connectivity index (χ0) is 25.8. The third-order valence-electron chi connectivity index (χ3n) is 6.35. The van der Waals surface area contributed by atoms with Crippen LogP contribution in [0, 0.1) is 5.82 Å². The maximum absolute atomic E-state index is 13.7. The molecule has 1 unspecified atom stereocenters. The van der Waals surface area contributed by atoms with E-state index in [1.165, 1.54) is 24.3 Å². The van der Waals surface area contributed by atoms with Crippen LogP contribution in [0.15, 0.2) is 78.9 Å². The van der Waals surface area contributed by atoms with Gasteiger partial charge in [-0.25, -0.2) is 9.07 Å². The van der Waals surface area contributed by atoms with Gasteiger partial charge in [0.05, 0.1) is 23.2 Å². The Kier molecular flexibility index (Phi) is 7.53. The van der Waals surface area contributed by atoms with Crippen LogP contribution in [0.3, 0.4) is 0 Å². The van der Waals surface area contributed by atoms with E-state index in [1.54, 1.807) is 28.8 Å². The molecular formula is C29H27ClFN3O3. The first kappa shape index (κ1) is 25.0. The highest BCUT2D eigenvalue weighted by Crippen LogP contribution is 2.36. The van der Waals surface area contributed by atoms with E-state index in [0.29, 0.717) is 41.1 Å². The van der Waals surface area contributed by atoms with E-state index >= 15 is 0 Å². The predicted molar refractivity (Wildman–Crippen MR) is 140 cm³/mol. The third kappa shape index (κ3) is 5.68. The molecule has 190 valence electrons. The Hall–Kier alpha value is -3.68. The minimum Gasteiger partial charge on any atom is -0.437 e. The lowest BCUT2D eigenvalue weighted by molar-refractivity contribution is 0.0506. The standard InChI is InChI=1S/C29H27ClFN3O3/c1-33-29(37-26-12-6-5-11-25(26)30)24(27(32-33)20-8-3-2-4-9-20)19-34(18-23-10-7-17-36-23)28(35)21-13-15-22(31)16-14-21/h2-6,8-9,11-16,23H,7,10,17-19H2,1H3. The quantitative estimate of drug-likeness (QED) is 0.267. The Morgan fingerprint density at radius 1 is 1.11 bits per heavy atom. The molecule has 1 aromatic heterocycles. The number of halogens is 2. The first-order valence-corrected chi connectivity index (χ1v) is 12.6. The van der Waals surface area contributed by atoms with Crippen molar-refractivity contribution in [3.05, 3.63) is 101 Å². The van der Waals surface area contributed by atoms with Gasteiger partial charge in [-0.1, -0.05) is 54.1 Å². The summed E-state index contributed by atoms with van der Waals surface area (Å²) in [6.07, 6.45) is 1.75. The molecular weight excluding hydrogens is 493 g/mol. The predicted octanol–water partition coefficient (Wildman–Crippen LogP) is 6.49. The molecule has 5 rings (SSSR count). The average molecular weight is 520 g/mol. The SMILES string of the molecule is Cn1nc(-c2ccccc2)c(CN(CC2CCCO2)C(=O)c2ccc(F)cc2)c1Oc1ccccc1Cl. The molecule has 3 aromatic carbocycles. The van der Waals surface area contributed by atoms with Crippen molar-refractivity contribution in [3.63, 3.8) is 0 Å². The van der Waals surface area contributed by atoms with Crippen molar-refractivity contribution in [1.29, 1.82) is 0 Å². The van der Waals surface area contributed by atoms with Crippen molar-refractivity contribution >= 4 is 17.5 Å². The van der Waals surface area contributed by atoms with Gasteiger partial charge in [-0.3, -0.25) is 4.79 Å². The van der Waals surface area contributed by atoms with E-state index in [1.807, 2.05) is 42.5 Å². The first-order valence-electron chi connectivity index (χ1n) is 12.2. The smallest absolute Gasteiger partial charge is 0.254 e. The number of carbonyl (C=O) groups is 1. The number of rotatable bonds is 8. The number of benzene rings is 3. The monoisotopic (exact) mass is 519 g/mol. The molecule has 6 nitrogen and oxygen atoms in total. The number of amides is 1. The number of hydrogen-bond acceptors (Lipinski definition) is 4. The highest BCUT2D eigenvalue weighted by Gasteiger charge is 2.28. The molecule has 1 amide bonds.